The average molecular weight is 319 g/mol. The van der Waals surface area contributed by atoms with Crippen LogP contribution >= 0.6 is 0 Å². The molecular formula is C20H21N3O. The van der Waals surface area contributed by atoms with Crippen molar-refractivity contribution in [3.8, 4) is 11.4 Å². The van der Waals surface area contributed by atoms with Crippen LogP contribution in [0.25, 0.3) is 22.4 Å². The van der Waals surface area contributed by atoms with Gasteiger partial charge in [-0.15, -0.1) is 0 Å². The van der Waals surface area contributed by atoms with Gasteiger partial charge in [0, 0.05) is 24.7 Å². The maximum atomic E-state index is 11.7. The molecule has 4 nitrogen and oxygen atoms in total. The van der Waals surface area contributed by atoms with Crippen LogP contribution < -0.4 is 5.32 Å². The maximum absolute atomic E-state index is 11.7. The monoisotopic (exact) mass is 319 g/mol. The number of hydrogen-bond acceptors (Lipinski definition) is 2. The molecule has 0 aliphatic heterocycles. The molecule has 1 aromatic heterocycles. The van der Waals surface area contributed by atoms with E-state index < -0.39 is 0 Å². The minimum Gasteiger partial charge on any atom is -0.355 e. The number of carbonyl (C=O) groups excluding carboxylic acids is 1. The van der Waals surface area contributed by atoms with Gasteiger partial charge in [0.15, 0.2) is 0 Å². The molecule has 0 unspecified atom stereocenters. The third-order valence-corrected chi connectivity index (χ3v) is 4.93. The van der Waals surface area contributed by atoms with Gasteiger partial charge >= 0.3 is 0 Å². The molecular weight excluding hydrogens is 298 g/mol. The van der Waals surface area contributed by atoms with Crippen molar-refractivity contribution < 1.29 is 4.79 Å². The summed E-state index contributed by atoms with van der Waals surface area (Å²) in [7, 11) is 1.64. The van der Waals surface area contributed by atoms with Gasteiger partial charge in [-0.3, -0.25) is 4.79 Å². The zero-order chi connectivity index (χ0) is 16.7. The van der Waals surface area contributed by atoms with E-state index in [-0.39, 0.29) is 5.91 Å². The molecule has 4 heteroatoms. The molecule has 1 fully saturated rings. The standard InChI is InChI=1S/C20H21N3O/c1-20(11-12-20)13-23-17-6-4-3-5-16(17)22-18(23)14-7-9-15(10-8-14)19(24)21-2/h3-10H,11-13H2,1-2H3,(H,21,24). The van der Waals surface area contributed by atoms with Crippen molar-refractivity contribution in [3.05, 3.63) is 54.1 Å². The van der Waals surface area contributed by atoms with Gasteiger partial charge in [0.25, 0.3) is 5.91 Å². The summed E-state index contributed by atoms with van der Waals surface area (Å²) in [4.78, 5) is 16.6. The molecule has 1 heterocycles. The fourth-order valence-electron chi connectivity index (χ4n) is 3.12. The van der Waals surface area contributed by atoms with Crippen LogP contribution in [0.15, 0.2) is 48.5 Å². The molecule has 0 spiro atoms. The molecule has 0 atom stereocenters. The van der Waals surface area contributed by atoms with Crippen LogP contribution in [-0.2, 0) is 6.54 Å². The van der Waals surface area contributed by atoms with Crippen molar-refractivity contribution in [1.29, 1.82) is 0 Å². The predicted molar refractivity (Wildman–Crippen MR) is 95.9 cm³/mol. The molecule has 0 bridgehead atoms. The summed E-state index contributed by atoms with van der Waals surface area (Å²) in [5.41, 5.74) is 4.30. The van der Waals surface area contributed by atoms with Gasteiger partial charge in [-0.2, -0.15) is 0 Å². The Balaban J connectivity index is 1.80. The highest BCUT2D eigenvalue weighted by molar-refractivity contribution is 5.94. The van der Waals surface area contributed by atoms with E-state index in [0.717, 1.165) is 23.4 Å². The summed E-state index contributed by atoms with van der Waals surface area (Å²) >= 11 is 0. The van der Waals surface area contributed by atoms with Crippen molar-refractivity contribution in [2.75, 3.05) is 7.05 Å². The van der Waals surface area contributed by atoms with Gasteiger partial charge in [0.2, 0.25) is 0 Å². The fourth-order valence-corrected chi connectivity index (χ4v) is 3.12. The largest absolute Gasteiger partial charge is 0.355 e. The highest BCUT2D eigenvalue weighted by Crippen LogP contribution is 2.47. The van der Waals surface area contributed by atoms with Crippen LogP contribution in [0.5, 0.6) is 0 Å². The van der Waals surface area contributed by atoms with E-state index in [9.17, 15) is 4.79 Å². The quantitative estimate of drug-likeness (QED) is 0.793. The minimum atomic E-state index is -0.0689. The molecule has 24 heavy (non-hydrogen) atoms. The Kier molecular flexibility index (Phi) is 3.41. The lowest BCUT2D eigenvalue weighted by Crippen LogP contribution is -2.17. The van der Waals surface area contributed by atoms with E-state index in [1.54, 1.807) is 7.05 Å². The number of para-hydroxylation sites is 2. The number of rotatable bonds is 4. The number of hydrogen-bond donors (Lipinski definition) is 1. The van der Waals surface area contributed by atoms with E-state index in [1.807, 2.05) is 30.3 Å². The first-order chi connectivity index (χ1) is 11.6. The normalized spacial score (nSPS) is 15.4. The second kappa shape index (κ2) is 5.48. The van der Waals surface area contributed by atoms with Crippen LogP contribution in [0.1, 0.15) is 30.1 Å². The second-order valence-corrected chi connectivity index (χ2v) is 6.98. The zero-order valence-electron chi connectivity index (χ0n) is 14.0. The Morgan fingerprint density at radius 3 is 2.54 bits per heavy atom. The summed E-state index contributed by atoms with van der Waals surface area (Å²) in [6.07, 6.45) is 2.54. The Morgan fingerprint density at radius 2 is 1.88 bits per heavy atom. The van der Waals surface area contributed by atoms with Crippen LogP contribution in [0.2, 0.25) is 0 Å². The zero-order valence-corrected chi connectivity index (χ0v) is 14.0. The van der Waals surface area contributed by atoms with Gasteiger partial charge in [-0.05, 0) is 42.5 Å². The Bertz CT molecular complexity index is 904. The van der Waals surface area contributed by atoms with Crippen LogP contribution in [0, 0.1) is 5.41 Å². The van der Waals surface area contributed by atoms with E-state index in [2.05, 4.69) is 35.0 Å². The summed E-state index contributed by atoms with van der Waals surface area (Å²) in [5, 5.41) is 2.65. The van der Waals surface area contributed by atoms with Crippen LogP contribution in [-0.4, -0.2) is 22.5 Å². The van der Waals surface area contributed by atoms with Crippen LogP contribution in [0.3, 0.4) is 0 Å². The Morgan fingerprint density at radius 1 is 1.17 bits per heavy atom. The predicted octanol–water partition coefficient (Wildman–Crippen LogP) is 3.86. The van der Waals surface area contributed by atoms with E-state index in [1.165, 1.54) is 18.4 Å². The number of aromatic nitrogens is 2. The fraction of sp³-hybridized carbons (Fsp3) is 0.300. The van der Waals surface area contributed by atoms with Crippen molar-refractivity contribution in [2.45, 2.75) is 26.3 Å². The first kappa shape index (κ1) is 14.9. The highest BCUT2D eigenvalue weighted by Gasteiger charge is 2.38. The Labute approximate surface area is 141 Å². The number of nitrogens with one attached hydrogen (secondary N) is 1. The van der Waals surface area contributed by atoms with Crippen molar-refractivity contribution in [1.82, 2.24) is 14.9 Å². The maximum Gasteiger partial charge on any atom is 0.251 e. The van der Waals surface area contributed by atoms with E-state index >= 15 is 0 Å². The number of fused-ring (bicyclic) bond motifs is 1. The first-order valence-electron chi connectivity index (χ1n) is 8.37. The van der Waals surface area contributed by atoms with E-state index in [0.29, 0.717) is 11.0 Å². The van der Waals surface area contributed by atoms with Crippen molar-refractivity contribution >= 4 is 16.9 Å². The molecule has 0 saturated heterocycles. The second-order valence-electron chi connectivity index (χ2n) is 6.98. The third kappa shape index (κ3) is 2.58. The lowest BCUT2D eigenvalue weighted by molar-refractivity contribution is 0.0963. The molecule has 3 aromatic rings. The average Bonchev–Trinajstić information content (AvgIpc) is 3.24. The molecule has 1 amide bonds. The van der Waals surface area contributed by atoms with Gasteiger partial charge in [0.05, 0.1) is 11.0 Å². The van der Waals surface area contributed by atoms with Crippen molar-refractivity contribution in [2.24, 2.45) is 5.41 Å². The van der Waals surface area contributed by atoms with Gasteiger partial charge in [-0.25, -0.2) is 4.98 Å². The summed E-state index contributed by atoms with van der Waals surface area (Å²) in [6.45, 7) is 3.32. The molecule has 1 aliphatic rings. The Hall–Kier alpha value is -2.62. The van der Waals surface area contributed by atoms with E-state index in [4.69, 9.17) is 4.98 Å². The smallest absolute Gasteiger partial charge is 0.251 e. The number of amides is 1. The SMILES string of the molecule is CNC(=O)c1ccc(-c2nc3ccccc3n2CC2(C)CC2)cc1. The molecule has 0 radical (unpaired) electrons. The molecule has 1 saturated carbocycles. The number of nitrogens with zero attached hydrogens (tertiary/aromatic N) is 2. The third-order valence-electron chi connectivity index (χ3n) is 4.93. The first-order valence-corrected chi connectivity index (χ1v) is 8.37. The summed E-state index contributed by atoms with van der Waals surface area (Å²) in [5.74, 6) is 0.910. The lowest BCUT2D eigenvalue weighted by atomic mass is 10.1. The number of imidazole rings is 1. The highest BCUT2D eigenvalue weighted by atomic mass is 16.1. The minimum absolute atomic E-state index is 0.0689. The molecule has 1 aliphatic carbocycles. The van der Waals surface area contributed by atoms with Crippen LogP contribution in [0.4, 0.5) is 0 Å². The molecule has 122 valence electrons. The molecule has 4 rings (SSSR count). The number of carbonyl (C=O) groups is 1. The van der Waals surface area contributed by atoms with Crippen molar-refractivity contribution in [3.63, 3.8) is 0 Å². The van der Waals surface area contributed by atoms with Gasteiger partial charge < -0.3 is 9.88 Å². The topological polar surface area (TPSA) is 46.9 Å². The molecule has 1 N–H and O–H groups in total. The lowest BCUT2D eigenvalue weighted by Gasteiger charge is -2.14. The van der Waals surface area contributed by atoms with Gasteiger partial charge in [0.1, 0.15) is 5.82 Å². The summed E-state index contributed by atoms with van der Waals surface area (Å²) < 4.78 is 2.33. The molecule has 2 aromatic carbocycles. The van der Waals surface area contributed by atoms with Gasteiger partial charge in [-0.1, -0.05) is 31.2 Å². The number of benzene rings is 2. The summed E-state index contributed by atoms with van der Waals surface area (Å²) in [6, 6.07) is 16.0.